The topological polar surface area (TPSA) is 96.4 Å². The second kappa shape index (κ2) is 7.47. The highest BCUT2D eigenvalue weighted by molar-refractivity contribution is 6.34. The Bertz CT molecular complexity index is 1010. The fraction of sp³-hybridized carbons (Fsp3) is 0.409. The summed E-state index contributed by atoms with van der Waals surface area (Å²) in [4.78, 5) is 42.9. The van der Waals surface area contributed by atoms with Crippen molar-refractivity contribution in [3.63, 3.8) is 0 Å². The molecule has 0 aliphatic carbocycles. The summed E-state index contributed by atoms with van der Waals surface area (Å²) in [6.07, 6.45) is 6.22. The van der Waals surface area contributed by atoms with Crippen molar-refractivity contribution in [3.05, 3.63) is 53.6 Å². The number of hydrogen-bond acceptors (Lipinski definition) is 6. The lowest BCUT2D eigenvalue weighted by atomic mass is 9.78. The third kappa shape index (κ3) is 2.86. The fourth-order valence-electron chi connectivity index (χ4n) is 5.20. The van der Waals surface area contributed by atoms with Gasteiger partial charge >= 0.3 is 5.97 Å². The van der Waals surface area contributed by atoms with Crippen LogP contribution < -0.4 is 4.90 Å². The minimum Gasteiger partial charge on any atom is -0.461 e. The summed E-state index contributed by atoms with van der Waals surface area (Å²) in [5.41, 5.74) is -0.822. The van der Waals surface area contributed by atoms with Gasteiger partial charge in [-0.2, -0.15) is 0 Å². The number of ether oxygens (including phenoxy) is 2. The molecule has 4 heterocycles. The SMILES string of the molecule is O=C1OCC=C[C@H]2O[C@]34C=CCN(c5ccccc5Cl)C(=O)C3N(CCO)C(=O)[C@@H]4[C@@H]12. The molecule has 4 aliphatic rings. The van der Waals surface area contributed by atoms with Gasteiger partial charge in [0.05, 0.1) is 29.3 Å². The van der Waals surface area contributed by atoms with Gasteiger partial charge in [-0.25, -0.2) is 0 Å². The monoisotopic (exact) mass is 444 g/mol. The predicted octanol–water partition coefficient (Wildman–Crippen LogP) is 0.929. The van der Waals surface area contributed by atoms with E-state index in [-0.39, 0.29) is 32.2 Å². The van der Waals surface area contributed by atoms with E-state index in [1.807, 2.05) is 0 Å². The zero-order valence-corrected chi connectivity index (χ0v) is 17.3. The predicted molar refractivity (Wildman–Crippen MR) is 110 cm³/mol. The molecule has 2 amide bonds. The largest absolute Gasteiger partial charge is 0.461 e. The molecule has 31 heavy (non-hydrogen) atoms. The van der Waals surface area contributed by atoms with Crippen LogP contribution in [0, 0.1) is 11.8 Å². The van der Waals surface area contributed by atoms with Crippen LogP contribution in [-0.4, -0.2) is 71.8 Å². The third-order valence-corrected chi connectivity index (χ3v) is 6.72. The number of carbonyl (C=O) groups excluding carboxylic acids is 3. The normalized spacial score (nSPS) is 34.2. The summed E-state index contributed by atoms with van der Waals surface area (Å²) in [7, 11) is 0. The number of carbonyl (C=O) groups is 3. The number of aliphatic hydroxyl groups excluding tert-OH is 1. The standard InChI is InChI=1S/C22H21ClN2O6/c23-13-5-1-2-6-14(13)24-9-4-8-22-17(16-15(31-22)7-3-12-30-21(16)29)19(27)25(10-11-26)18(22)20(24)28/h1-8,15-18,26H,9-12H2/t15-,16+,17+,18?,22+/m1/s1. The molecule has 0 aromatic heterocycles. The molecular weight excluding hydrogens is 424 g/mol. The van der Waals surface area contributed by atoms with E-state index in [9.17, 15) is 19.5 Å². The van der Waals surface area contributed by atoms with Crippen LogP contribution in [0.4, 0.5) is 5.69 Å². The van der Waals surface area contributed by atoms with Crippen LogP contribution in [-0.2, 0) is 23.9 Å². The van der Waals surface area contributed by atoms with Crippen molar-refractivity contribution in [1.29, 1.82) is 0 Å². The minimum absolute atomic E-state index is 0.0523. The molecule has 9 heteroatoms. The summed E-state index contributed by atoms with van der Waals surface area (Å²) < 4.78 is 11.6. The zero-order valence-electron chi connectivity index (χ0n) is 16.5. The number of hydrogen-bond donors (Lipinski definition) is 1. The van der Waals surface area contributed by atoms with Gasteiger partial charge in [0.2, 0.25) is 5.91 Å². The second-order valence-electron chi connectivity index (χ2n) is 7.96. The highest BCUT2D eigenvalue weighted by atomic mass is 35.5. The van der Waals surface area contributed by atoms with Crippen molar-refractivity contribution in [2.75, 3.05) is 31.2 Å². The molecule has 5 rings (SSSR count). The van der Waals surface area contributed by atoms with Gasteiger partial charge in [0, 0.05) is 13.1 Å². The number of nitrogens with zero attached hydrogens (tertiary/aromatic N) is 2. The van der Waals surface area contributed by atoms with Gasteiger partial charge in [-0.15, -0.1) is 0 Å². The molecule has 0 radical (unpaired) electrons. The lowest BCUT2D eigenvalue weighted by molar-refractivity contribution is -0.152. The maximum Gasteiger partial charge on any atom is 0.313 e. The number of fused-ring (bicyclic) bond motifs is 2. The Kier molecular flexibility index (Phi) is 4.88. The molecule has 5 atom stereocenters. The molecule has 4 aliphatic heterocycles. The molecule has 2 saturated heterocycles. The van der Waals surface area contributed by atoms with E-state index < -0.39 is 41.5 Å². The Labute approximate surface area is 183 Å². The van der Waals surface area contributed by atoms with Gasteiger partial charge < -0.3 is 24.4 Å². The number of aliphatic hydroxyl groups is 1. The first-order valence-corrected chi connectivity index (χ1v) is 10.5. The summed E-state index contributed by atoms with van der Waals surface area (Å²) in [6.45, 7) is -0.0362. The molecular formula is C22H21ClN2O6. The van der Waals surface area contributed by atoms with E-state index in [2.05, 4.69) is 0 Å². The van der Waals surface area contributed by atoms with Gasteiger partial charge in [-0.05, 0) is 18.2 Å². The van der Waals surface area contributed by atoms with Crippen LogP contribution in [0.5, 0.6) is 0 Å². The minimum atomic E-state index is -1.34. The summed E-state index contributed by atoms with van der Waals surface area (Å²) >= 11 is 6.35. The highest BCUT2D eigenvalue weighted by Crippen LogP contribution is 2.53. The van der Waals surface area contributed by atoms with E-state index in [4.69, 9.17) is 21.1 Å². The third-order valence-electron chi connectivity index (χ3n) is 6.40. The van der Waals surface area contributed by atoms with E-state index in [1.165, 1.54) is 9.80 Å². The van der Waals surface area contributed by atoms with Gasteiger partial charge in [-0.1, -0.05) is 42.0 Å². The van der Waals surface area contributed by atoms with Crippen LogP contribution >= 0.6 is 11.6 Å². The first kappa shape index (κ1) is 20.2. The van der Waals surface area contributed by atoms with Crippen molar-refractivity contribution >= 4 is 35.1 Å². The summed E-state index contributed by atoms with van der Waals surface area (Å²) in [5, 5.41) is 10.0. The van der Waals surface area contributed by atoms with Crippen molar-refractivity contribution in [1.82, 2.24) is 4.90 Å². The Morgan fingerprint density at radius 1 is 1.16 bits per heavy atom. The van der Waals surface area contributed by atoms with Gasteiger partial charge in [0.1, 0.15) is 24.2 Å². The number of para-hydroxylation sites is 1. The van der Waals surface area contributed by atoms with Crippen LogP contribution in [0.25, 0.3) is 0 Å². The van der Waals surface area contributed by atoms with Crippen LogP contribution in [0.1, 0.15) is 0 Å². The first-order valence-electron chi connectivity index (χ1n) is 10.2. The summed E-state index contributed by atoms with van der Waals surface area (Å²) in [5.74, 6) is -3.09. The molecule has 2 fully saturated rings. The van der Waals surface area contributed by atoms with Crippen molar-refractivity contribution in [2.45, 2.75) is 17.7 Å². The summed E-state index contributed by atoms with van der Waals surface area (Å²) in [6, 6.07) is 5.92. The average molecular weight is 445 g/mol. The Hall–Kier alpha value is -2.68. The number of cyclic esters (lactones) is 1. The maximum absolute atomic E-state index is 13.8. The van der Waals surface area contributed by atoms with E-state index in [1.54, 1.807) is 48.6 Å². The lowest BCUT2D eigenvalue weighted by Gasteiger charge is -2.35. The zero-order chi connectivity index (χ0) is 21.8. The van der Waals surface area contributed by atoms with Crippen LogP contribution in [0.15, 0.2) is 48.6 Å². The molecule has 0 bridgehead atoms. The van der Waals surface area contributed by atoms with Crippen LogP contribution in [0.3, 0.4) is 0 Å². The van der Waals surface area contributed by atoms with Crippen molar-refractivity contribution in [2.24, 2.45) is 11.8 Å². The Balaban J connectivity index is 1.63. The number of benzene rings is 1. The second-order valence-corrected chi connectivity index (χ2v) is 8.37. The number of likely N-dealkylation sites (tertiary alicyclic amines) is 1. The molecule has 8 nitrogen and oxygen atoms in total. The van der Waals surface area contributed by atoms with E-state index >= 15 is 0 Å². The number of β-amino-alcohol motifs (C(OH)–C–C–N with tert-alkyl or cyclic N) is 1. The van der Waals surface area contributed by atoms with Gasteiger partial charge in [0.15, 0.2) is 0 Å². The molecule has 1 aromatic carbocycles. The van der Waals surface area contributed by atoms with Crippen LogP contribution in [0.2, 0.25) is 5.02 Å². The number of esters is 1. The molecule has 162 valence electrons. The van der Waals surface area contributed by atoms with Crippen molar-refractivity contribution in [3.8, 4) is 0 Å². The number of halogens is 1. The lowest BCUT2D eigenvalue weighted by Crippen LogP contribution is -2.55. The Morgan fingerprint density at radius 2 is 1.97 bits per heavy atom. The molecule has 1 unspecified atom stereocenters. The fourth-order valence-corrected chi connectivity index (χ4v) is 5.44. The number of rotatable bonds is 3. The Morgan fingerprint density at radius 3 is 2.74 bits per heavy atom. The molecule has 1 N–H and O–H groups in total. The highest BCUT2D eigenvalue weighted by Gasteiger charge is 2.71. The molecule has 0 saturated carbocycles. The molecule has 1 aromatic rings. The number of amides is 2. The van der Waals surface area contributed by atoms with E-state index in [0.717, 1.165) is 0 Å². The first-order chi connectivity index (χ1) is 15.0. The maximum atomic E-state index is 13.8. The molecule has 1 spiro atoms. The average Bonchev–Trinajstić information content (AvgIpc) is 3.04. The quantitative estimate of drug-likeness (QED) is 0.550. The van der Waals surface area contributed by atoms with Gasteiger partial charge in [0.25, 0.3) is 5.91 Å². The number of anilines is 1. The smallest absolute Gasteiger partial charge is 0.313 e. The van der Waals surface area contributed by atoms with Crippen molar-refractivity contribution < 1.29 is 29.0 Å². The van der Waals surface area contributed by atoms with E-state index in [0.29, 0.717) is 10.7 Å². The van der Waals surface area contributed by atoms with Gasteiger partial charge in [-0.3, -0.25) is 14.4 Å².